The Balaban J connectivity index is 1.60. The molecule has 1 aromatic heterocycles. The number of anilines is 1. The van der Waals surface area contributed by atoms with Crippen molar-refractivity contribution in [3.05, 3.63) is 87.1 Å². The summed E-state index contributed by atoms with van der Waals surface area (Å²) in [5.41, 5.74) is 2.31. The van der Waals surface area contributed by atoms with Crippen molar-refractivity contribution in [2.24, 2.45) is 0 Å². The number of amides is 2. The highest BCUT2D eigenvalue weighted by atomic mass is 19.1. The summed E-state index contributed by atoms with van der Waals surface area (Å²) in [6.45, 7) is 3.42. The molecule has 0 saturated heterocycles. The molecule has 0 bridgehead atoms. The summed E-state index contributed by atoms with van der Waals surface area (Å²) in [6, 6.07) is 12.4. The lowest BCUT2D eigenvalue weighted by molar-refractivity contribution is -0.116. The number of aromatic nitrogens is 2. The van der Waals surface area contributed by atoms with Crippen LogP contribution >= 0.6 is 0 Å². The van der Waals surface area contributed by atoms with Gasteiger partial charge in [-0.15, -0.1) is 0 Å². The van der Waals surface area contributed by atoms with Crippen molar-refractivity contribution in [1.82, 2.24) is 15.1 Å². The van der Waals surface area contributed by atoms with E-state index in [1.54, 1.807) is 32.0 Å². The summed E-state index contributed by atoms with van der Waals surface area (Å²) in [5, 5.41) is 9.74. The number of rotatable bonds is 4. The van der Waals surface area contributed by atoms with Crippen LogP contribution in [0.15, 0.2) is 53.3 Å². The molecule has 3 aromatic rings. The van der Waals surface area contributed by atoms with Crippen LogP contribution in [0, 0.1) is 12.7 Å². The van der Waals surface area contributed by atoms with Gasteiger partial charge in [0.15, 0.2) is 5.69 Å². The van der Waals surface area contributed by atoms with Crippen LogP contribution in [0.4, 0.5) is 10.1 Å². The Hall–Kier alpha value is -3.81. The van der Waals surface area contributed by atoms with Crippen LogP contribution in [-0.4, -0.2) is 21.6 Å². The molecule has 4 rings (SSSR count). The summed E-state index contributed by atoms with van der Waals surface area (Å²) in [6.07, 6.45) is 1.04. The van der Waals surface area contributed by atoms with Gasteiger partial charge in [0.25, 0.3) is 5.91 Å². The molecule has 7 nitrogen and oxygen atoms in total. The van der Waals surface area contributed by atoms with E-state index < -0.39 is 23.2 Å². The molecular formula is C23H21FN4O3. The average Bonchev–Trinajstić information content (AvgIpc) is 2.74. The molecule has 1 aliphatic rings. The zero-order chi connectivity index (χ0) is 22.1. The van der Waals surface area contributed by atoms with Crippen molar-refractivity contribution in [3.63, 3.8) is 0 Å². The van der Waals surface area contributed by atoms with E-state index >= 15 is 0 Å². The largest absolute Gasteiger partial charge is 0.344 e. The van der Waals surface area contributed by atoms with Gasteiger partial charge in [0, 0.05) is 23.9 Å². The molecule has 0 aliphatic carbocycles. The number of benzene rings is 2. The smallest absolute Gasteiger partial charge is 0.276 e. The van der Waals surface area contributed by atoms with Gasteiger partial charge in [0.2, 0.25) is 11.3 Å². The molecule has 8 heteroatoms. The number of para-hydroxylation sites is 1. The Morgan fingerprint density at radius 1 is 1.16 bits per heavy atom. The third kappa shape index (κ3) is 4.09. The summed E-state index contributed by atoms with van der Waals surface area (Å²) >= 11 is 0. The lowest BCUT2D eigenvalue weighted by Crippen LogP contribution is -2.33. The van der Waals surface area contributed by atoms with E-state index in [2.05, 4.69) is 15.7 Å². The standard InChI is InChI=1S/C23H21FN4O3/c1-13-11-20(29)22(27-28(13)19-6-4-3-5-17(19)24)23(31)25-14(2)15-7-9-18-16(12-15)8-10-21(30)26-18/h3-7,9,11-12,14H,8,10H2,1-2H3,(H,25,31)(H,26,30). The monoisotopic (exact) mass is 420 g/mol. The van der Waals surface area contributed by atoms with Crippen molar-refractivity contribution in [3.8, 4) is 5.69 Å². The van der Waals surface area contributed by atoms with Crippen molar-refractivity contribution in [2.45, 2.75) is 32.7 Å². The number of fused-ring (bicyclic) bond motifs is 1. The minimum Gasteiger partial charge on any atom is -0.344 e. The number of aryl methyl sites for hydroxylation is 2. The molecule has 1 atom stereocenters. The van der Waals surface area contributed by atoms with Crippen LogP contribution in [0.2, 0.25) is 0 Å². The van der Waals surface area contributed by atoms with Crippen LogP contribution in [0.1, 0.15) is 46.7 Å². The van der Waals surface area contributed by atoms with Crippen molar-refractivity contribution in [1.29, 1.82) is 0 Å². The van der Waals surface area contributed by atoms with E-state index in [1.165, 1.54) is 22.9 Å². The Bertz CT molecular complexity index is 1250. The summed E-state index contributed by atoms with van der Waals surface area (Å²) in [7, 11) is 0. The Kier molecular flexibility index (Phi) is 5.37. The summed E-state index contributed by atoms with van der Waals surface area (Å²) in [5.74, 6) is -1.17. The molecule has 0 saturated carbocycles. The van der Waals surface area contributed by atoms with Crippen LogP contribution in [-0.2, 0) is 11.2 Å². The zero-order valence-corrected chi connectivity index (χ0v) is 17.1. The third-order valence-corrected chi connectivity index (χ3v) is 5.28. The van der Waals surface area contributed by atoms with Gasteiger partial charge in [-0.1, -0.05) is 24.3 Å². The van der Waals surface area contributed by atoms with Crippen LogP contribution < -0.4 is 16.1 Å². The summed E-state index contributed by atoms with van der Waals surface area (Å²) in [4.78, 5) is 36.8. The fourth-order valence-electron chi connectivity index (χ4n) is 3.59. The van der Waals surface area contributed by atoms with Crippen LogP contribution in [0.25, 0.3) is 5.69 Å². The molecule has 2 amide bonds. The second-order valence-electron chi connectivity index (χ2n) is 7.52. The highest BCUT2D eigenvalue weighted by Crippen LogP contribution is 2.26. The van der Waals surface area contributed by atoms with Gasteiger partial charge in [-0.25, -0.2) is 9.07 Å². The molecule has 158 valence electrons. The number of carbonyl (C=O) groups excluding carboxylic acids is 2. The first-order chi connectivity index (χ1) is 14.8. The van der Waals surface area contributed by atoms with E-state index in [1.807, 2.05) is 12.1 Å². The molecule has 0 radical (unpaired) electrons. The second-order valence-corrected chi connectivity index (χ2v) is 7.52. The van der Waals surface area contributed by atoms with E-state index in [4.69, 9.17) is 0 Å². The molecule has 1 unspecified atom stereocenters. The molecule has 0 spiro atoms. The predicted octanol–water partition coefficient (Wildman–Crippen LogP) is 3.06. The maximum Gasteiger partial charge on any atom is 0.276 e. The van der Waals surface area contributed by atoms with Gasteiger partial charge in [0.1, 0.15) is 11.5 Å². The maximum atomic E-state index is 14.2. The normalized spacial score (nSPS) is 13.8. The SMILES string of the molecule is Cc1cc(=O)c(C(=O)NC(C)c2ccc3c(c2)CCC(=O)N3)nn1-c1ccccc1F. The van der Waals surface area contributed by atoms with Gasteiger partial charge in [0.05, 0.1) is 6.04 Å². The average molecular weight is 420 g/mol. The number of carbonyl (C=O) groups is 2. The quantitative estimate of drug-likeness (QED) is 0.679. The van der Waals surface area contributed by atoms with Gasteiger partial charge < -0.3 is 10.6 Å². The van der Waals surface area contributed by atoms with E-state index in [-0.39, 0.29) is 17.3 Å². The van der Waals surface area contributed by atoms with Gasteiger partial charge >= 0.3 is 0 Å². The Labute approximate surface area is 177 Å². The first-order valence-electron chi connectivity index (χ1n) is 9.93. The first-order valence-corrected chi connectivity index (χ1v) is 9.93. The lowest BCUT2D eigenvalue weighted by atomic mass is 9.98. The van der Waals surface area contributed by atoms with Gasteiger partial charge in [-0.05, 0) is 49.6 Å². The van der Waals surface area contributed by atoms with Gasteiger partial charge in [-0.2, -0.15) is 5.10 Å². The van der Waals surface area contributed by atoms with Crippen LogP contribution in [0.5, 0.6) is 0 Å². The fourth-order valence-corrected chi connectivity index (χ4v) is 3.59. The van der Waals surface area contributed by atoms with E-state index in [9.17, 15) is 18.8 Å². The Morgan fingerprint density at radius 2 is 1.94 bits per heavy atom. The second kappa shape index (κ2) is 8.14. The molecule has 2 N–H and O–H groups in total. The molecule has 1 aliphatic heterocycles. The minimum absolute atomic E-state index is 0.0156. The topological polar surface area (TPSA) is 93.1 Å². The van der Waals surface area contributed by atoms with Crippen molar-refractivity contribution in [2.75, 3.05) is 5.32 Å². The highest BCUT2D eigenvalue weighted by Gasteiger charge is 2.20. The number of halogens is 1. The molecule has 0 fully saturated rings. The number of nitrogens with one attached hydrogen (secondary N) is 2. The molecule has 31 heavy (non-hydrogen) atoms. The van der Waals surface area contributed by atoms with Crippen molar-refractivity contribution < 1.29 is 14.0 Å². The molecule has 2 heterocycles. The minimum atomic E-state index is -0.645. The third-order valence-electron chi connectivity index (χ3n) is 5.28. The van der Waals surface area contributed by atoms with E-state index in [0.717, 1.165) is 16.8 Å². The number of hydrogen-bond donors (Lipinski definition) is 2. The Morgan fingerprint density at radius 3 is 2.71 bits per heavy atom. The maximum absolute atomic E-state index is 14.2. The van der Waals surface area contributed by atoms with Crippen molar-refractivity contribution >= 4 is 17.5 Å². The lowest BCUT2D eigenvalue weighted by Gasteiger charge is -2.20. The molecule has 2 aromatic carbocycles. The highest BCUT2D eigenvalue weighted by molar-refractivity contribution is 5.94. The summed E-state index contributed by atoms with van der Waals surface area (Å²) < 4.78 is 15.5. The van der Waals surface area contributed by atoms with Gasteiger partial charge in [-0.3, -0.25) is 14.4 Å². The molecular weight excluding hydrogens is 399 g/mol. The number of hydrogen-bond acceptors (Lipinski definition) is 4. The fraction of sp³-hybridized carbons (Fsp3) is 0.217. The zero-order valence-electron chi connectivity index (χ0n) is 17.1. The number of nitrogens with zero attached hydrogens (tertiary/aromatic N) is 2. The predicted molar refractivity (Wildman–Crippen MR) is 114 cm³/mol. The van der Waals surface area contributed by atoms with E-state index in [0.29, 0.717) is 18.5 Å². The van der Waals surface area contributed by atoms with Crippen LogP contribution in [0.3, 0.4) is 0 Å². The first kappa shape index (κ1) is 20.5.